The zero-order valence-corrected chi connectivity index (χ0v) is 23.1. The molecule has 8 nitrogen and oxygen atoms in total. The van der Waals surface area contributed by atoms with Gasteiger partial charge in [-0.2, -0.15) is 0 Å². The molecule has 0 fully saturated rings. The zero-order chi connectivity index (χ0) is 30.6. The van der Waals surface area contributed by atoms with Crippen LogP contribution in [0.2, 0.25) is 0 Å². The third-order valence-electron chi connectivity index (χ3n) is 6.16. The summed E-state index contributed by atoms with van der Waals surface area (Å²) in [5.74, 6) is -1.92. The van der Waals surface area contributed by atoms with E-state index in [4.69, 9.17) is 20.6 Å². The molecule has 4 rings (SSSR count). The maximum absolute atomic E-state index is 14.8. The van der Waals surface area contributed by atoms with Gasteiger partial charge in [0.2, 0.25) is 5.43 Å². The third kappa shape index (κ3) is 6.25. The van der Waals surface area contributed by atoms with Crippen molar-refractivity contribution < 1.29 is 22.3 Å². The Morgan fingerprint density at radius 3 is 2.40 bits per heavy atom. The summed E-state index contributed by atoms with van der Waals surface area (Å²) in [5.41, 5.74) is 12.6. The van der Waals surface area contributed by atoms with Crippen molar-refractivity contribution in [2.24, 2.45) is 26.4 Å². The van der Waals surface area contributed by atoms with Gasteiger partial charge < -0.3 is 20.6 Å². The van der Waals surface area contributed by atoms with Gasteiger partial charge in [0.05, 0.1) is 28.3 Å². The van der Waals surface area contributed by atoms with Gasteiger partial charge in [-0.3, -0.25) is 14.8 Å². The van der Waals surface area contributed by atoms with Crippen LogP contribution in [0.5, 0.6) is 5.75 Å². The number of hydrogen-bond acceptors (Lipinski definition) is 6. The molecule has 4 N–H and O–H groups in total. The Balaban J connectivity index is 1.88. The Labute approximate surface area is 239 Å². The summed E-state index contributed by atoms with van der Waals surface area (Å²) < 4.78 is 54.3. The summed E-state index contributed by atoms with van der Waals surface area (Å²) in [6.07, 6.45) is -0.244. The van der Waals surface area contributed by atoms with Crippen molar-refractivity contribution in [3.05, 3.63) is 105 Å². The Bertz CT molecular complexity index is 1830. The highest BCUT2D eigenvalue weighted by Crippen LogP contribution is 2.28. The Hall–Kier alpha value is -5.19. The van der Waals surface area contributed by atoms with Crippen LogP contribution in [0.4, 0.5) is 13.2 Å². The molecule has 4 aromatic rings. The average molecular weight is 576 g/mol. The molecule has 0 saturated heterocycles. The van der Waals surface area contributed by atoms with E-state index >= 15 is 0 Å². The van der Waals surface area contributed by atoms with E-state index in [0.29, 0.717) is 0 Å². The topological polar surface area (TPSA) is 129 Å². The molecule has 0 aliphatic carbocycles. The first-order valence-electron chi connectivity index (χ1n) is 12.8. The standard InChI is InChI=1S/C31H28F3N5O3/c1-16(2)41-24-10-8-18(13-22(24)34)28(35)27(30(36)37-3)31(38-4)39-15-25-26(17-6-5-7-19(32)12-17)29(40)21-14-20(33)9-11-23(21)42-25/h5-14,16H,4,15,35H2,1-3H3,(H2,36,37)/b28-27-,39-31?. The van der Waals surface area contributed by atoms with Gasteiger partial charge >= 0.3 is 0 Å². The second-order valence-corrected chi connectivity index (χ2v) is 9.39. The van der Waals surface area contributed by atoms with E-state index in [2.05, 4.69) is 21.7 Å². The first-order chi connectivity index (χ1) is 20.0. The van der Waals surface area contributed by atoms with E-state index in [-0.39, 0.29) is 74.8 Å². The molecule has 0 bridgehead atoms. The molecular weight excluding hydrogens is 547 g/mol. The van der Waals surface area contributed by atoms with Crippen LogP contribution in [0, 0.1) is 17.5 Å². The monoisotopic (exact) mass is 575 g/mol. The van der Waals surface area contributed by atoms with Gasteiger partial charge in [-0.25, -0.2) is 18.2 Å². The fourth-order valence-electron chi connectivity index (χ4n) is 4.26. The first kappa shape index (κ1) is 29.8. The second kappa shape index (κ2) is 12.5. The largest absolute Gasteiger partial charge is 0.488 e. The molecular formula is C31H28F3N5O3. The van der Waals surface area contributed by atoms with Crippen LogP contribution in [0.25, 0.3) is 27.8 Å². The summed E-state index contributed by atoms with van der Waals surface area (Å²) in [6, 6.07) is 13.0. The van der Waals surface area contributed by atoms with Crippen molar-refractivity contribution in [1.29, 1.82) is 0 Å². The lowest BCUT2D eigenvalue weighted by Crippen LogP contribution is -2.24. The smallest absolute Gasteiger partial charge is 0.200 e. The van der Waals surface area contributed by atoms with Crippen molar-refractivity contribution in [2.75, 3.05) is 7.05 Å². The lowest BCUT2D eigenvalue weighted by molar-refractivity contribution is 0.231. The van der Waals surface area contributed by atoms with Gasteiger partial charge in [0, 0.05) is 12.6 Å². The van der Waals surface area contributed by atoms with E-state index in [0.717, 1.165) is 18.2 Å². The summed E-state index contributed by atoms with van der Waals surface area (Å²) >= 11 is 0. The SMILES string of the molecule is C=NC(=NCc1oc2ccc(F)cc2c(=O)c1-c1cccc(F)c1)/C(C(N)=NC)=C(\N)c1ccc(OC(C)C)c(F)c1. The van der Waals surface area contributed by atoms with Gasteiger partial charge in [-0.15, -0.1) is 0 Å². The predicted octanol–water partition coefficient (Wildman–Crippen LogP) is 5.62. The minimum absolute atomic E-state index is 0.0000372. The number of fused-ring (bicyclic) bond motifs is 1. The van der Waals surface area contributed by atoms with Crippen LogP contribution < -0.4 is 21.6 Å². The molecule has 216 valence electrons. The van der Waals surface area contributed by atoms with Crippen LogP contribution in [-0.4, -0.2) is 31.5 Å². The zero-order valence-electron chi connectivity index (χ0n) is 23.1. The lowest BCUT2D eigenvalue weighted by Gasteiger charge is -2.14. The fraction of sp³-hybridized carbons (Fsp3) is 0.161. The molecule has 0 atom stereocenters. The van der Waals surface area contributed by atoms with E-state index in [1.54, 1.807) is 19.9 Å². The number of amidine groups is 2. The predicted molar refractivity (Wildman–Crippen MR) is 159 cm³/mol. The number of rotatable bonds is 8. The number of hydrogen-bond donors (Lipinski definition) is 2. The van der Waals surface area contributed by atoms with Crippen molar-refractivity contribution in [3.8, 4) is 16.9 Å². The van der Waals surface area contributed by atoms with Crippen molar-refractivity contribution in [1.82, 2.24) is 0 Å². The maximum atomic E-state index is 14.8. The van der Waals surface area contributed by atoms with Crippen molar-refractivity contribution in [2.45, 2.75) is 26.5 Å². The highest BCUT2D eigenvalue weighted by molar-refractivity contribution is 6.27. The maximum Gasteiger partial charge on any atom is 0.200 e. The highest BCUT2D eigenvalue weighted by Gasteiger charge is 2.21. The molecule has 0 saturated carbocycles. The van der Waals surface area contributed by atoms with Gasteiger partial charge in [0.15, 0.2) is 17.4 Å². The minimum Gasteiger partial charge on any atom is -0.488 e. The van der Waals surface area contributed by atoms with E-state index in [1.807, 2.05) is 0 Å². The summed E-state index contributed by atoms with van der Waals surface area (Å²) in [6.45, 7) is 6.80. The van der Waals surface area contributed by atoms with Crippen LogP contribution in [0.3, 0.4) is 0 Å². The second-order valence-electron chi connectivity index (χ2n) is 9.39. The fourth-order valence-corrected chi connectivity index (χ4v) is 4.26. The number of nitrogens with two attached hydrogens (primary N) is 2. The average Bonchev–Trinajstić information content (AvgIpc) is 2.95. The van der Waals surface area contributed by atoms with Gasteiger partial charge in [0.25, 0.3) is 0 Å². The summed E-state index contributed by atoms with van der Waals surface area (Å²) in [5, 5.41) is -0.0248. The quantitative estimate of drug-likeness (QED) is 0.208. The molecule has 0 aliphatic rings. The minimum atomic E-state index is -0.644. The Kier molecular flexibility index (Phi) is 8.90. The molecule has 1 heterocycles. The molecule has 0 radical (unpaired) electrons. The van der Waals surface area contributed by atoms with Crippen LogP contribution in [0.15, 0.2) is 90.4 Å². The number of aliphatic imine (C=N–C) groups is 3. The molecule has 0 amide bonds. The molecule has 0 spiro atoms. The Morgan fingerprint density at radius 1 is 1.02 bits per heavy atom. The van der Waals surface area contributed by atoms with Crippen molar-refractivity contribution in [3.63, 3.8) is 0 Å². The number of halogens is 3. The summed E-state index contributed by atoms with van der Waals surface area (Å²) in [7, 11) is 1.42. The van der Waals surface area contributed by atoms with Crippen molar-refractivity contribution >= 4 is 35.1 Å². The molecule has 42 heavy (non-hydrogen) atoms. The van der Waals surface area contributed by atoms with Gasteiger partial charge in [-0.05, 0) is 74.7 Å². The number of nitrogens with zero attached hydrogens (tertiary/aromatic N) is 3. The molecule has 1 aromatic heterocycles. The number of ether oxygens (including phenoxy) is 1. The number of benzene rings is 3. The first-order valence-corrected chi connectivity index (χ1v) is 12.8. The Morgan fingerprint density at radius 2 is 1.76 bits per heavy atom. The van der Waals surface area contributed by atoms with Crippen LogP contribution in [-0.2, 0) is 6.54 Å². The van der Waals surface area contributed by atoms with Gasteiger partial charge in [-0.1, -0.05) is 12.1 Å². The van der Waals surface area contributed by atoms with E-state index < -0.39 is 22.9 Å². The molecule has 3 aromatic carbocycles. The van der Waals surface area contributed by atoms with Crippen LogP contribution >= 0.6 is 0 Å². The third-order valence-corrected chi connectivity index (χ3v) is 6.16. The molecule has 11 heteroatoms. The highest BCUT2D eigenvalue weighted by atomic mass is 19.1. The molecule has 0 aliphatic heterocycles. The van der Waals surface area contributed by atoms with Gasteiger partial charge in [0.1, 0.15) is 35.4 Å². The van der Waals surface area contributed by atoms with E-state index in [1.165, 1.54) is 43.4 Å². The normalized spacial score (nSPS) is 12.9. The van der Waals surface area contributed by atoms with E-state index in [9.17, 15) is 18.0 Å². The van der Waals surface area contributed by atoms with Crippen LogP contribution in [0.1, 0.15) is 25.2 Å². The summed E-state index contributed by atoms with van der Waals surface area (Å²) in [4.78, 5) is 25.9. The lowest BCUT2D eigenvalue weighted by atomic mass is 10.0. The molecule has 0 unspecified atom stereocenters.